The van der Waals surface area contributed by atoms with E-state index in [-0.39, 0.29) is 12.4 Å². The van der Waals surface area contributed by atoms with Crippen LogP contribution in [0.4, 0.5) is 0 Å². The first-order valence-electron chi connectivity index (χ1n) is 5.40. The molecule has 0 bridgehead atoms. The van der Waals surface area contributed by atoms with E-state index in [1.165, 1.54) is 13.2 Å². The Kier molecular flexibility index (Phi) is 3.31. The number of hydrogen-bond donors (Lipinski definition) is 2. The molecule has 1 heterocycles. The van der Waals surface area contributed by atoms with E-state index in [9.17, 15) is 9.90 Å². The zero-order chi connectivity index (χ0) is 12.3. The van der Waals surface area contributed by atoms with Gasteiger partial charge in [-0.3, -0.25) is 5.32 Å². The summed E-state index contributed by atoms with van der Waals surface area (Å²) < 4.78 is 10.2. The van der Waals surface area contributed by atoms with Crippen molar-refractivity contribution in [2.45, 2.75) is 5.54 Å². The molecule has 92 valence electrons. The van der Waals surface area contributed by atoms with Crippen molar-refractivity contribution in [2.24, 2.45) is 0 Å². The SMILES string of the molecule is COC(=O)C1(c2ccccc2O)COCCN1. The molecule has 0 radical (unpaired) electrons. The van der Waals surface area contributed by atoms with Gasteiger partial charge in [-0.1, -0.05) is 18.2 Å². The summed E-state index contributed by atoms with van der Waals surface area (Å²) in [7, 11) is 1.32. The first kappa shape index (κ1) is 11.9. The normalized spacial score (nSPS) is 24.3. The number of phenolic OH excluding ortho intramolecular Hbond substituents is 1. The summed E-state index contributed by atoms with van der Waals surface area (Å²) in [6.45, 7) is 1.22. The monoisotopic (exact) mass is 237 g/mol. The number of morpholine rings is 1. The summed E-state index contributed by atoms with van der Waals surface area (Å²) in [5, 5.41) is 12.9. The predicted octanol–water partition coefficient (Wildman–Crippen LogP) is 0.380. The van der Waals surface area contributed by atoms with E-state index in [1.807, 2.05) is 0 Å². The Morgan fingerprint density at radius 1 is 1.53 bits per heavy atom. The molecule has 1 aliphatic rings. The Morgan fingerprint density at radius 3 is 2.88 bits per heavy atom. The summed E-state index contributed by atoms with van der Waals surface area (Å²) in [4.78, 5) is 12.0. The van der Waals surface area contributed by atoms with Crippen LogP contribution in [0, 0.1) is 0 Å². The Balaban J connectivity index is 2.46. The molecule has 1 aromatic rings. The number of phenols is 1. The number of ether oxygens (including phenoxy) is 2. The number of rotatable bonds is 2. The molecule has 2 N–H and O–H groups in total. The number of aromatic hydroxyl groups is 1. The van der Waals surface area contributed by atoms with Crippen molar-refractivity contribution in [3.8, 4) is 5.75 Å². The number of carbonyl (C=O) groups excluding carboxylic acids is 1. The highest BCUT2D eigenvalue weighted by Crippen LogP contribution is 2.31. The van der Waals surface area contributed by atoms with Crippen LogP contribution in [-0.2, 0) is 19.8 Å². The van der Waals surface area contributed by atoms with Gasteiger partial charge in [0.25, 0.3) is 0 Å². The third-order valence-corrected chi connectivity index (χ3v) is 2.89. The van der Waals surface area contributed by atoms with Gasteiger partial charge in [0.2, 0.25) is 0 Å². The first-order valence-corrected chi connectivity index (χ1v) is 5.40. The molecule has 1 aromatic carbocycles. The number of carbonyl (C=O) groups is 1. The van der Waals surface area contributed by atoms with E-state index in [0.29, 0.717) is 18.7 Å². The number of esters is 1. The average Bonchev–Trinajstić information content (AvgIpc) is 2.39. The molecule has 17 heavy (non-hydrogen) atoms. The number of para-hydroxylation sites is 1. The fraction of sp³-hybridized carbons (Fsp3) is 0.417. The Labute approximate surface area is 99.3 Å². The maximum absolute atomic E-state index is 12.0. The smallest absolute Gasteiger partial charge is 0.333 e. The fourth-order valence-electron chi connectivity index (χ4n) is 2.04. The molecular formula is C12H15NO4. The van der Waals surface area contributed by atoms with Crippen LogP contribution in [0.25, 0.3) is 0 Å². The fourth-order valence-corrected chi connectivity index (χ4v) is 2.04. The van der Waals surface area contributed by atoms with Crippen LogP contribution in [0.1, 0.15) is 5.56 Å². The Morgan fingerprint density at radius 2 is 2.29 bits per heavy atom. The van der Waals surface area contributed by atoms with Crippen LogP contribution in [0.3, 0.4) is 0 Å². The van der Waals surface area contributed by atoms with Gasteiger partial charge in [-0.15, -0.1) is 0 Å². The van der Waals surface area contributed by atoms with Crippen LogP contribution in [0.15, 0.2) is 24.3 Å². The van der Waals surface area contributed by atoms with Gasteiger partial charge in [0, 0.05) is 12.1 Å². The largest absolute Gasteiger partial charge is 0.508 e. The molecule has 0 spiro atoms. The summed E-state index contributed by atoms with van der Waals surface area (Å²) in [5.41, 5.74) is -0.634. The molecule has 1 unspecified atom stereocenters. The van der Waals surface area contributed by atoms with Crippen molar-refractivity contribution < 1.29 is 19.4 Å². The van der Waals surface area contributed by atoms with Crippen molar-refractivity contribution in [1.29, 1.82) is 0 Å². The summed E-state index contributed by atoms with van der Waals surface area (Å²) >= 11 is 0. The maximum Gasteiger partial charge on any atom is 0.333 e. The molecule has 1 fully saturated rings. The molecule has 0 saturated carbocycles. The summed E-state index contributed by atoms with van der Waals surface area (Å²) in [6.07, 6.45) is 0. The molecular weight excluding hydrogens is 222 g/mol. The van der Waals surface area contributed by atoms with Gasteiger partial charge in [-0.05, 0) is 6.07 Å². The van der Waals surface area contributed by atoms with Gasteiger partial charge in [0.15, 0.2) is 5.54 Å². The van der Waals surface area contributed by atoms with Gasteiger partial charge in [-0.2, -0.15) is 0 Å². The minimum Gasteiger partial charge on any atom is -0.508 e. The zero-order valence-electron chi connectivity index (χ0n) is 9.60. The van der Waals surface area contributed by atoms with Crippen LogP contribution in [-0.4, -0.2) is 37.9 Å². The second-order valence-electron chi connectivity index (χ2n) is 3.89. The molecule has 1 saturated heterocycles. The van der Waals surface area contributed by atoms with Gasteiger partial charge in [0.05, 0.1) is 20.3 Å². The van der Waals surface area contributed by atoms with E-state index < -0.39 is 11.5 Å². The van der Waals surface area contributed by atoms with Crippen LogP contribution in [0.2, 0.25) is 0 Å². The molecule has 1 atom stereocenters. The molecule has 5 nitrogen and oxygen atoms in total. The zero-order valence-corrected chi connectivity index (χ0v) is 9.60. The molecule has 0 aliphatic carbocycles. The Hall–Kier alpha value is -1.59. The summed E-state index contributed by atoms with van der Waals surface area (Å²) in [5.74, 6) is -0.408. The van der Waals surface area contributed by atoms with E-state index in [4.69, 9.17) is 9.47 Å². The standard InChI is InChI=1S/C12H15NO4/c1-16-11(15)12(8-17-7-6-13-12)9-4-2-3-5-10(9)14/h2-5,13-14H,6-8H2,1H3. The average molecular weight is 237 g/mol. The third kappa shape index (κ3) is 1.99. The van der Waals surface area contributed by atoms with Crippen molar-refractivity contribution in [3.05, 3.63) is 29.8 Å². The van der Waals surface area contributed by atoms with Crippen molar-refractivity contribution in [1.82, 2.24) is 5.32 Å². The third-order valence-electron chi connectivity index (χ3n) is 2.89. The van der Waals surface area contributed by atoms with Gasteiger partial charge in [0.1, 0.15) is 5.75 Å². The second kappa shape index (κ2) is 4.73. The molecule has 2 rings (SSSR count). The second-order valence-corrected chi connectivity index (χ2v) is 3.89. The molecule has 1 aliphatic heterocycles. The van der Waals surface area contributed by atoms with Crippen molar-refractivity contribution in [3.63, 3.8) is 0 Å². The lowest BCUT2D eigenvalue weighted by Gasteiger charge is -2.36. The van der Waals surface area contributed by atoms with E-state index >= 15 is 0 Å². The minimum atomic E-state index is -1.11. The van der Waals surface area contributed by atoms with Crippen LogP contribution >= 0.6 is 0 Å². The van der Waals surface area contributed by atoms with Crippen LogP contribution < -0.4 is 5.32 Å². The first-order chi connectivity index (χ1) is 8.20. The minimum absolute atomic E-state index is 0.0518. The van der Waals surface area contributed by atoms with E-state index in [2.05, 4.69) is 5.32 Å². The highest BCUT2D eigenvalue weighted by molar-refractivity contribution is 5.84. The van der Waals surface area contributed by atoms with Gasteiger partial charge >= 0.3 is 5.97 Å². The topological polar surface area (TPSA) is 67.8 Å². The van der Waals surface area contributed by atoms with Crippen LogP contribution in [0.5, 0.6) is 5.75 Å². The van der Waals surface area contributed by atoms with Crippen molar-refractivity contribution in [2.75, 3.05) is 26.9 Å². The number of methoxy groups -OCH3 is 1. The molecule has 0 amide bonds. The molecule has 0 aromatic heterocycles. The Bertz CT molecular complexity index is 413. The highest BCUT2D eigenvalue weighted by Gasteiger charge is 2.45. The van der Waals surface area contributed by atoms with Gasteiger partial charge < -0.3 is 14.6 Å². The van der Waals surface area contributed by atoms with Gasteiger partial charge in [-0.25, -0.2) is 4.79 Å². The van der Waals surface area contributed by atoms with E-state index in [1.54, 1.807) is 18.2 Å². The quantitative estimate of drug-likeness (QED) is 0.728. The molecule has 5 heteroatoms. The lowest BCUT2D eigenvalue weighted by molar-refractivity contribution is -0.155. The number of nitrogens with one attached hydrogen (secondary N) is 1. The maximum atomic E-state index is 12.0. The lowest BCUT2D eigenvalue weighted by Crippen LogP contribution is -2.57. The van der Waals surface area contributed by atoms with Crippen molar-refractivity contribution >= 4 is 5.97 Å². The van der Waals surface area contributed by atoms with E-state index in [0.717, 1.165) is 0 Å². The number of hydrogen-bond acceptors (Lipinski definition) is 5. The summed E-state index contributed by atoms with van der Waals surface area (Å²) in [6, 6.07) is 6.69. The predicted molar refractivity (Wildman–Crippen MR) is 60.6 cm³/mol. The highest BCUT2D eigenvalue weighted by atomic mass is 16.5. The number of benzene rings is 1. The lowest BCUT2D eigenvalue weighted by atomic mass is 9.89.